The fourth-order valence-electron chi connectivity index (χ4n) is 0.796. The Balaban J connectivity index is 4.23. The molecule has 0 bridgehead atoms. The first-order chi connectivity index (χ1) is 6.23. The van der Waals surface area contributed by atoms with E-state index >= 15 is 0 Å². The summed E-state index contributed by atoms with van der Waals surface area (Å²) in [6, 6.07) is 0. The quantitative estimate of drug-likeness (QED) is 0.513. The van der Waals surface area contributed by atoms with Crippen molar-refractivity contribution < 1.29 is 9.53 Å². The molecule has 0 spiro atoms. The van der Waals surface area contributed by atoms with Gasteiger partial charge in [0.1, 0.15) is 0 Å². The van der Waals surface area contributed by atoms with E-state index in [1.165, 1.54) is 0 Å². The summed E-state index contributed by atoms with van der Waals surface area (Å²) in [6.45, 7) is 12.7. The van der Waals surface area contributed by atoms with Crippen molar-refractivity contribution in [1.29, 1.82) is 0 Å². The monoisotopic (exact) mass is 200 g/mol. The van der Waals surface area contributed by atoms with Crippen LogP contribution in [0, 0.1) is 10.8 Å². The standard InChI is InChI=1S/C12H24O2/c1-7-8-9-14-10(13)12(5,6)11(2,3)4/h7-9H2,1-6H3. The van der Waals surface area contributed by atoms with Crippen molar-refractivity contribution in [1.82, 2.24) is 0 Å². The molecule has 0 aliphatic rings. The zero-order valence-corrected chi connectivity index (χ0v) is 10.4. The van der Waals surface area contributed by atoms with Gasteiger partial charge in [-0.15, -0.1) is 0 Å². The SMILES string of the molecule is CCCCOC(=O)C(C)(C)C(C)(C)C. The fourth-order valence-corrected chi connectivity index (χ4v) is 0.796. The number of carbonyl (C=O) groups excluding carboxylic acids is 1. The average molecular weight is 200 g/mol. The maximum absolute atomic E-state index is 11.8. The van der Waals surface area contributed by atoms with Crippen molar-refractivity contribution in [3.05, 3.63) is 0 Å². The second-order valence-corrected chi connectivity index (χ2v) is 5.36. The molecule has 0 saturated carbocycles. The molecule has 0 atom stereocenters. The van der Waals surface area contributed by atoms with E-state index in [1.54, 1.807) is 0 Å². The van der Waals surface area contributed by atoms with Gasteiger partial charge in [-0.25, -0.2) is 0 Å². The first-order valence-electron chi connectivity index (χ1n) is 5.40. The minimum Gasteiger partial charge on any atom is -0.465 e. The molecule has 0 aliphatic carbocycles. The molecule has 0 aromatic rings. The number of ether oxygens (including phenoxy) is 1. The lowest BCUT2D eigenvalue weighted by molar-refractivity contribution is -0.160. The van der Waals surface area contributed by atoms with E-state index in [2.05, 4.69) is 27.7 Å². The van der Waals surface area contributed by atoms with Crippen LogP contribution in [-0.4, -0.2) is 12.6 Å². The maximum atomic E-state index is 11.8. The van der Waals surface area contributed by atoms with Gasteiger partial charge in [-0.05, 0) is 25.7 Å². The maximum Gasteiger partial charge on any atom is 0.312 e. The number of unbranched alkanes of at least 4 members (excludes halogenated alkanes) is 1. The van der Waals surface area contributed by atoms with E-state index in [0.29, 0.717) is 6.61 Å². The zero-order valence-electron chi connectivity index (χ0n) is 10.4. The van der Waals surface area contributed by atoms with E-state index < -0.39 is 5.41 Å². The molecule has 0 rings (SSSR count). The Kier molecular flexibility index (Phi) is 4.63. The highest BCUT2D eigenvalue weighted by atomic mass is 16.5. The molecule has 0 heterocycles. The van der Waals surface area contributed by atoms with Crippen LogP contribution in [0.2, 0.25) is 0 Å². The van der Waals surface area contributed by atoms with Crippen LogP contribution in [0.5, 0.6) is 0 Å². The van der Waals surface area contributed by atoms with Gasteiger partial charge in [-0.2, -0.15) is 0 Å². The third kappa shape index (κ3) is 3.32. The van der Waals surface area contributed by atoms with Crippen LogP contribution in [0.4, 0.5) is 0 Å². The predicted octanol–water partition coefficient (Wildman–Crippen LogP) is 3.40. The van der Waals surface area contributed by atoms with Gasteiger partial charge in [0.25, 0.3) is 0 Å². The van der Waals surface area contributed by atoms with Crippen molar-refractivity contribution in [3.8, 4) is 0 Å². The first kappa shape index (κ1) is 13.5. The number of hydrogen-bond donors (Lipinski definition) is 0. The number of carbonyl (C=O) groups is 1. The molecular weight excluding hydrogens is 176 g/mol. The van der Waals surface area contributed by atoms with Gasteiger partial charge < -0.3 is 4.74 Å². The molecule has 0 saturated heterocycles. The largest absolute Gasteiger partial charge is 0.465 e. The van der Waals surface area contributed by atoms with E-state index in [0.717, 1.165) is 12.8 Å². The highest BCUT2D eigenvalue weighted by Gasteiger charge is 2.40. The molecule has 2 nitrogen and oxygen atoms in total. The molecule has 2 heteroatoms. The molecule has 0 aromatic carbocycles. The minimum atomic E-state index is -0.416. The van der Waals surface area contributed by atoms with Crippen LogP contribution < -0.4 is 0 Å². The molecule has 0 aromatic heterocycles. The molecule has 0 aliphatic heterocycles. The summed E-state index contributed by atoms with van der Waals surface area (Å²) in [5.74, 6) is -0.0848. The summed E-state index contributed by atoms with van der Waals surface area (Å²) in [4.78, 5) is 11.8. The van der Waals surface area contributed by atoms with Crippen molar-refractivity contribution in [3.63, 3.8) is 0 Å². The molecule has 84 valence electrons. The average Bonchev–Trinajstić information content (AvgIpc) is 2.02. The summed E-state index contributed by atoms with van der Waals surface area (Å²) < 4.78 is 5.23. The molecule has 0 fully saturated rings. The van der Waals surface area contributed by atoms with E-state index in [1.807, 2.05) is 13.8 Å². The van der Waals surface area contributed by atoms with Crippen molar-refractivity contribution >= 4 is 5.97 Å². The second-order valence-electron chi connectivity index (χ2n) is 5.36. The van der Waals surface area contributed by atoms with Gasteiger partial charge in [0.2, 0.25) is 0 Å². The topological polar surface area (TPSA) is 26.3 Å². The molecule has 0 unspecified atom stereocenters. The Morgan fingerprint density at radius 2 is 1.64 bits per heavy atom. The Labute approximate surface area is 88.0 Å². The van der Waals surface area contributed by atoms with E-state index in [-0.39, 0.29) is 11.4 Å². The van der Waals surface area contributed by atoms with Crippen LogP contribution >= 0.6 is 0 Å². The molecule has 0 radical (unpaired) electrons. The van der Waals surface area contributed by atoms with Crippen LogP contribution in [0.15, 0.2) is 0 Å². The summed E-state index contributed by atoms with van der Waals surface area (Å²) in [5, 5.41) is 0. The molecule has 0 amide bonds. The summed E-state index contributed by atoms with van der Waals surface area (Å²) in [6.07, 6.45) is 2.01. The first-order valence-corrected chi connectivity index (χ1v) is 5.40. The van der Waals surface area contributed by atoms with Gasteiger partial charge >= 0.3 is 5.97 Å². The lowest BCUT2D eigenvalue weighted by Crippen LogP contribution is -2.39. The van der Waals surface area contributed by atoms with Crippen LogP contribution in [0.25, 0.3) is 0 Å². The Morgan fingerprint density at radius 1 is 1.14 bits per heavy atom. The molecule has 14 heavy (non-hydrogen) atoms. The Morgan fingerprint density at radius 3 is 2.00 bits per heavy atom. The Bertz CT molecular complexity index is 187. The van der Waals surface area contributed by atoms with Crippen molar-refractivity contribution in [2.75, 3.05) is 6.61 Å². The van der Waals surface area contributed by atoms with Gasteiger partial charge in [-0.3, -0.25) is 4.79 Å². The highest BCUT2D eigenvalue weighted by Crippen LogP contribution is 2.38. The van der Waals surface area contributed by atoms with Gasteiger partial charge in [0, 0.05) is 0 Å². The molecule has 0 N–H and O–H groups in total. The summed E-state index contributed by atoms with van der Waals surface area (Å²) >= 11 is 0. The van der Waals surface area contributed by atoms with Crippen LogP contribution in [0.3, 0.4) is 0 Å². The third-order valence-corrected chi connectivity index (χ3v) is 3.12. The van der Waals surface area contributed by atoms with Crippen LogP contribution in [-0.2, 0) is 9.53 Å². The number of rotatable bonds is 4. The van der Waals surface area contributed by atoms with Gasteiger partial charge in [0.15, 0.2) is 0 Å². The lowest BCUT2D eigenvalue weighted by Gasteiger charge is -2.36. The summed E-state index contributed by atoms with van der Waals surface area (Å²) in [5.41, 5.74) is -0.475. The van der Waals surface area contributed by atoms with Crippen LogP contribution in [0.1, 0.15) is 54.4 Å². The minimum absolute atomic E-state index is 0.0592. The van der Waals surface area contributed by atoms with E-state index in [4.69, 9.17) is 4.74 Å². The third-order valence-electron chi connectivity index (χ3n) is 3.12. The van der Waals surface area contributed by atoms with E-state index in [9.17, 15) is 4.79 Å². The second kappa shape index (κ2) is 4.81. The summed E-state index contributed by atoms with van der Waals surface area (Å²) in [7, 11) is 0. The predicted molar refractivity (Wildman–Crippen MR) is 59.1 cm³/mol. The zero-order chi connectivity index (χ0) is 11.4. The number of esters is 1. The van der Waals surface area contributed by atoms with Gasteiger partial charge in [0.05, 0.1) is 12.0 Å². The lowest BCUT2D eigenvalue weighted by atomic mass is 9.69. The van der Waals surface area contributed by atoms with Crippen molar-refractivity contribution in [2.24, 2.45) is 10.8 Å². The fraction of sp³-hybridized carbons (Fsp3) is 0.917. The molecular formula is C12H24O2. The number of hydrogen-bond acceptors (Lipinski definition) is 2. The Hall–Kier alpha value is -0.530. The van der Waals surface area contributed by atoms with Gasteiger partial charge in [-0.1, -0.05) is 34.1 Å². The normalized spacial score (nSPS) is 12.7. The van der Waals surface area contributed by atoms with Crippen molar-refractivity contribution in [2.45, 2.75) is 54.4 Å². The smallest absolute Gasteiger partial charge is 0.312 e. The highest BCUT2D eigenvalue weighted by molar-refractivity contribution is 5.76.